The summed E-state index contributed by atoms with van der Waals surface area (Å²) >= 11 is 0. The summed E-state index contributed by atoms with van der Waals surface area (Å²) in [5, 5.41) is 42.5. The molecule has 0 spiro atoms. The molecule has 0 amide bonds. The number of ether oxygens (including phenoxy) is 2. The van der Waals surface area contributed by atoms with E-state index in [2.05, 4.69) is 13.8 Å². The first-order valence-electron chi connectivity index (χ1n) is 14.6. The minimum absolute atomic E-state index is 0.314. The van der Waals surface area contributed by atoms with Crippen LogP contribution < -0.4 is 0 Å². The van der Waals surface area contributed by atoms with Crippen molar-refractivity contribution in [1.82, 2.24) is 0 Å². The lowest BCUT2D eigenvalue weighted by atomic mass is 9.98. The molecule has 0 saturated heterocycles. The Morgan fingerprint density at radius 1 is 0.684 bits per heavy atom. The maximum absolute atomic E-state index is 12.8. The summed E-state index contributed by atoms with van der Waals surface area (Å²) in [5.41, 5.74) is 0. The predicted molar refractivity (Wildman–Crippen MR) is 147 cm³/mol. The molecule has 220 valence electrons. The van der Waals surface area contributed by atoms with Gasteiger partial charge in [-0.1, -0.05) is 63.8 Å². The topological polar surface area (TPSA) is 134 Å². The van der Waals surface area contributed by atoms with Gasteiger partial charge in [-0.3, -0.25) is 9.59 Å². The number of rotatable bonds is 8. The molecule has 0 saturated carbocycles. The van der Waals surface area contributed by atoms with E-state index in [1.54, 1.807) is 26.0 Å². The Labute approximate surface area is 229 Å². The molecule has 0 aromatic carbocycles. The fourth-order valence-electron chi connectivity index (χ4n) is 4.35. The number of aliphatic hydroxyl groups excluding tert-OH is 4. The number of aliphatic hydroxyl groups is 4. The van der Waals surface area contributed by atoms with Gasteiger partial charge >= 0.3 is 11.9 Å². The second kappa shape index (κ2) is 19.3. The highest BCUT2D eigenvalue weighted by Gasteiger charge is 2.30. The molecular weight excluding hydrogens is 488 g/mol. The van der Waals surface area contributed by atoms with Crippen LogP contribution in [0.4, 0.5) is 0 Å². The number of unbranched alkanes of at least 4 members (excludes halogenated alkanes) is 4. The molecule has 1 rings (SSSR count). The Kier molecular flexibility index (Phi) is 17.5. The average molecular weight is 541 g/mol. The summed E-state index contributed by atoms with van der Waals surface area (Å²) in [4.78, 5) is 25.5. The average Bonchev–Trinajstić information content (AvgIpc) is 2.90. The smallest absolute Gasteiger partial charge is 0.311 e. The van der Waals surface area contributed by atoms with Crippen LogP contribution in [0.5, 0.6) is 0 Å². The summed E-state index contributed by atoms with van der Waals surface area (Å²) in [6, 6.07) is 0. The SMILES string of the molecule is CCCCCC1OC(=O)[C@@H](C)[C@H](O)/C=C/CC[C@H](O)[C@@H](CCCCC)OC(=O)[C@@H](C)[C@H](O)/C=C/CC[C@@H]1O. The molecule has 1 heterocycles. The van der Waals surface area contributed by atoms with Gasteiger partial charge in [0.2, 0.25) is 0 Å². The second-order valence-electron chi connectivity index (χ2n) is 10.6. The second-order valence-corrected chi connectivity index (χ2v) is 10.6. The maximum atomic E-state index is 12.8. The van der Waals surface area contributed by atoms with E-state index < -0.39 is 60.4 Å². The normalized spacial score (nSPS) is 34.6. The molecule has 38 heavy (non-hydrogen) atoms. The summed E-state index contributed by atoms with van der Waals surface area (Å²) in [6.45, 7) is 7.31. The molecule has 0 fully saturated rings. The largest absolute Gasteiger partial charge is 0.459 e. The number of carbonyl (C=O) groups excluding carboxylic acids is 2. The number of allylic oxidation sites excluding steroid dienone is 2. The molecular formula is C30H52O8. The van der Waals surface area contributed by atoms with Crippen molar-refractivity contribution in [3.63, 3.8) is 0 Å². The van der Waals surface area contributed by atoms with E-state index in [1.807, 2.05) is 0 Å². The van der Waals surface area contributed by atoms with Crippen LogP contribution in [-0.2, 0) is 19.1 Å². The van der Waals surface area contributed by atoms with Crippen LogP contribution in [-0.4, -0.2) is 69.0 Å². The molecule has 4 N–H and O–H groups in total. The zero-order chi connectivity index (χ0) is 28.5. The van der Waals surface area contributed by atoms with Crippen molar-refractivity contribution in [3.8, 4) is 0 Å². The van der Waals surface area contributed by atoms with Crippen LogP contribution in [0.15, 0.2) is 24.3 Å². The third-order valence-electron chi connectivity index (χ3n) is 7.27. The fourth-order valence-corrected chi connectivity index (χ4v) is 4.35. The van der Waals surface area contributed by atoms with E-state index >= 15 is 0 Å². The van der Waals surface area contributed by atoms with Gasteiger partial charge in [0, 0.05) is 0 Å². The van der Waals surface area contributed by atoms with Crippen molar-refractivity contribution >= 4 is 11.9 Å². The molecule has 1 unspecified atom stereocenters. The summed E-state index contributed by atoms with van der Waals surface area (Å²) in [6.07, 6.45) is 9.13. The minimum Gasteiger partial charge on any atom is -0.459 e. The van der Waals surface area contributed by atoms with E-state index in [9.17, 15) is 30.0 Å². The van der Waals surface area contributed by atoms with Crippen LogP contribution in [0.25, 0.3) is 0 Å². The van der Waals surface area contributed by atoms with Gasteiger partial charge in [-0.15, -0.1) is 0 Å². The van der Waals surface area contributed by atoms with E-state index in [1.165, 1.54) is 12.2 Å². The lowest BCUT2D eigenvalue weighted by Crippen LogP contribution is -2.36. The van der Waals surface area contributed by atoms with Crippen molar-refractivity contribution in [3.05, 3.63) is 24.3 Å². The van der Waals surface area contributed by atoms with Gasteiger partial charge in [0.15, 0.2) is 0 Å². The van der Waals surface area contributed by atoms with Gasteiger partial charge in [0.05, 0.1) is 36.3 Å². The third kappa shape index (κ3) is 12.9. The Morgan fingerprint density at radius 3 is 1.39 bits per heavy atom. The highest BCUT2D eigenvalue weighted by atomic mass is 16.6. The third-order valence-corrected chi connectivity index (χ3v) is 7.27. The van der Waals surface area contributed by atoms with E-state index in [0.29, 0.717) is 38.5 Å². The summed E-state index contributed by atoms with van der Waals surface area (Å²) in [5.74, 6) is -2.77. The van der Waals surface area contributed by atoms with Crippen LogP contribution in [0.1, 0.15) is 105 Å². The van der Waals surface area contributed by atoms with Crippen molar-refractivity contribution in [2.75, 3.05) is 0 Å². The number of esters is 2. The Morgan fingerprint density at radius 2 is 1.05 bits per heavy atom. The summed E-state index contributed by atoms with van der Waals surface area (Å²) in [7, 11) is 0. The van der Waals surface area contributed by atoms with Gasteiger partial charge in [-0.2, -0.15) is 0 Å². The standard InChI is InChI=1S/C30H52O8/c1-5-7-9-19-27-25(33)17-13-11-15-24(32)22(4)30(36)38-28(20-10-8-6-2)26(34)18-14-12-16-23(31)21(3)29(35)37-27/h11-12,15-16,21-28,31-34H,5-10,13-14,17-20H2,1-4H3/b15-11+,16-12+/t21-,22-,23+,24+,25-,26-,27+,28?/m0/s1. The van der Waals surface area contributed by atoms with Crippen LogP contribution >= 0.6 is 0 Å². The van der Waals surface area contributed by atoms with E-state index in [0.717, 1.165) is 38.5 Å². The van der Waals surface area contributed by atoms with Crippen LogP contribution in [0, 0.1) is 11.8 Å². The van der Waals surface area contributed by atoms with Gasteiger partial charge < -0.3 is 29.9 Å². The Hall–Kier alpha value is -1.74. The van der Waals surface area contributed by atoms with Gasteiger partial charge in [-0.25, -0.2) is 0 Å². The van der Waals surface area contributed by atoms with Crippen LogP contribution in [0.3, 0.4) is 0 Å². The fraction of sp³-hybridized carbons (Fsp3) is 0.800. The van der Waals surface area contributed by atoms with Crippen molar-refractivity contribution in [2.24, 2.45) is 11.8 Å². The Balaban J connectivity index is 3.06. The van der Waals surface area contributed by atoms with Crippen molar-refractivity contribution < 1.29 is 39.5 Å². The molecule has 8 nitrogen and oxygen atoms in total. The highest BCUT2D eigenvalue weighted by Crippen LogP contribution is 2.21. The molecule has 1 aliphatic rings. The first-order valence-corrected chi connectivity index (χ1v) is 14.6. The van der Waals surface area contributed by atoms with E-state index in [-0.39, 0.29) is 0 Å². The first kappa shape index (κ1) is 34.3. The van der Waals surface area contributed by atoms with Gasteiger partial charge in [0.1, 0.15) is 12.2 Å². The number of hydrogen-bond donors (Lipinski definition) is 4. The highest BCUT2D eigenvalue weighted by molar-refractivity contribution is 5.73. The number of carbonyl (C=O) groups is 2. The quantitative estimate of drug-likeness (QED) is 0.203. The lowest BCUT2D eigenvalue weighted by molar-refractivity contribution is -0.163. The van der Waals surface area contributed by atoms with Gasteiger partial charge in [0.25, 0.3) is 0 Å². The molecule has 8 atom stereocenters. The van der Waals surface area contributed by atoms with Gasteiger partial charge in [-0.05, 0) is 65.2 Å². The van der Waals surface area contributed by atoms with Crippen LogP contribution in [0.2, 0.25) is 0 Å². The number of hydrogen-bond acceptors (Lipinski definition) is 8. The van der Waals surface area contributed by atoms with Crippen molar-refractivity contribution in [2.45, 2.75) is 141 Å². The monoisotopic (exact) mass is 540 g/mol. The van der Waals surface area contributed by atoms with Crippen molar-refractivity contribution in [1.29, 1.82) is 0 Å². The molecule has 1 aliphatic heterocycles. The molecule has 0 radical (unpaired) electrons. The minimum atomic E-state index is -1.07. The molecule has 0 aliphatic carbocycles. The molecule has 0 bridgehead atoms. The zero-order valence-corrected chi connectivity index (χ0v) is 23.8. The molecule has 0 aromatic rings. The summed E-state index contributed by atoms with van der Waals surface area (Å²) < 4.78 is 11.3. The lowest BCUT2D eigenvalue weighted by Gasteiger charge is -2.26. The number of cyclic esters (lactones) is 2. The maximum Gasteiger partial charge on any atom is 0.311 e. The predicted octanol–water partition coefficient (Wildman–Crippen LogP) is 4.37. The Bertz CT molecular complexity index is 661. The first-order chi connectivity index (χ1) is 18.1. The zero-order valence-electron chi connectivity index (χ0n) is 23.8. The molecule has 0 aromatic heterocycles. The molecule has 8 heteroatoms. The van der Waals surface area contributed by atoms with E-state index in [4.69, 9.17) is 9.47 Å².